The largest absolute Gasteiger partial charge is 0.442 e. The molecule has 4 nitrogen and oxygen atoms in total. The summed E-state index contributed by atoms with van der Waals surface area (Å²) >= 11 is 5.90. The second kappa shape index (κ2) is 6.17. The summed E-state index contributed by atoms with van der Waals surface area (Å²) < 4.78 is 5.11. The van der Waals surface area contributed by atoms with Crippen molar-refractivity contribution in [2.75, 3.05) is 0 Å². The lowest BCUT2D eigenvalue weighted by Gasteiger charge is -2.18. The summed E-state index contributed by atoms with van der Waals surface area (Å²) in [6.45, 7) is 7.04. The Morgan fingerprint density at radius 3 is 2.58 bits per heavy atom. The minimum atomic E-state index is -0.637. The van der Waals surface area contributed by atoms with Gasteiger partial charge in [0.1, 0.15) is 5.60 Å². The predicted molar refractivity (Wildman–Crippen MR) is 77.7 cm³/mol. The molecule has 0 aliphatic carbocycles. The van der Waals surface area contributed by atoms with Gasteiger partial charge in [0.05, 0.1) is 6.04 Å². The van der Waals surface area contributed by atoms with Gasteiger partial charge >= 0.3 is 6.09 Å². The Balaban J connectivity index is 2.82. The Morgan fingerprint density at radius 2 is 2.05 bits per heavy atom. The van der Waals surface area contributed by atoms with Gasteiger partial charge in [-0.25, -0.2) is 4.79 Å². The molecule has 0 heterocycles. The molecule has 1 aromatic rings. The predicted octanol–water partition coefficient (Wildman–Crippen LogP) is 3.74. The molecule has 2 N–H and O–H groups in total. The molecule has 0 bridgehead atoms. The highest BCUT2D eigenvalue weighted by atomic mass is 35.5. The van der Waals surface area contributed by atoms with Gasteiger partial charge in [-0.1, -0.05) is 23.7 Å². The van der Waals surface area contributed by atoms with E-state index in [1.807, 2.05) is 6.07 Å². The number of benzene rings is 1. The zero-order chi connectivity index (χ0) is 14.6. The fourth-order valence-corrected chi connectivity index (χ4v) is 1.64. The van der Waals surface area contributed by atoms with E-state index >= 15 is 0 Å². The summed E-state index contributed by atoms with van der Waals surface area (Å²) in [6, 6.07) is 6.67. The lowest BCUT2D eigenvalue weighted by atomic mass is 10.0. The van der Waals surface area contributed by atoms with Crippen molar-refractivity contribution in [1.29, 1.82) is 0 Å². The average Bonchev–Trinajstić information content (AvgIpc) is 2.25. The number of amides is 1. The van der Waals surface area contributed by atoms with Gasteiger partial charge in [-0.3, -0.25) is 0 Å². The monoisotopic (exact) mass is 282 g/mol. The second-order valence-electron chi connectivity index (χ2n) is 5.27. The van der Waals surface area contributed by atoms with Crippen LogP contribution in [0.2, 0.25) is 5.02 Å². The van der Waals surface area contributed by atoms with Crippen molar-refractivity contribution in [2.24, 2.45) is 10.7 Å². The summed E-state index contributed by atoms with van der Waals surface area (Å²) in [4.78, 5) is 15.4. The molecule has 0 radical (unpaired) electrons. The number of carbonyl (C=O) groups excluding carboxylic acids is 1. The molecule has 0 aliphatic rings. The molecule has 0 spiro atoms. The highest BCUT2D eigenvalue weighted by Gasteiger charge is 2.17. The van der Waals surface area contributed by atoms with Crippen LogP contribution in [0.5, 0.6) is 0 Å². The number of hydrogen-bond acceptors (Lipinski definition) is 3. The van der Waals surface area contributed by atoms with Crippen LogP contribution in [0.15, 0.2) is 29.3 Å². The van der Waals surface area contributed by atoms with Crippen LogP contribution in [0, 0.1) is 0 Å². The third-order valence-electron chi connectivity index (χ3n) is 2.32. The quantitative estimate of drug-likeness (QED) is 0.841. The molecule has 1 aromatic carbocycles. The minimum Gasteiger partial charge on any atom is -0.442 e. The highest BCUT2D eigenvalue weighted by molar-refractivity contribution is 6.30. The van der Waals surface area contributed by atoms with Gasteiger partial charge in [0, 0.05) is 10.7 Å². The molecule has 1 rings (SSSR count). The zero-order valence-electron chi connectivity index (χ0n) is 11.6. The molecule has 19 heavy (non-hydrogen) atoms. The zero-order valence-corrected chi connectivity index (χ0v) is 12.4. The Hall–Kier alpha value is -1.39. The summed E-state index contributed by atoms with van der Waals surface area (Å²) in [5, 5.41) is 0.595. The molecular formula is C14H19ClN2O2. The summed E-state index contributed by atoms with van der Waals surface area (Å²) in [6.07, 6.45) is -0.637. The van der Waals surface area contributed by atoms with Crippen molar-refractivity contribution < 1.29 is 9.53 Å². The first-order valence-corrected chi connectivity index (χ1v) is 6.36. The average molecular weight is 283 g/mol. The molecule has 0 fully saturated rings. The third-order valence-corrected chi connectivity index (χ3v) is 2.55. The maximum atomic E-state index is 11.6. The first-order valence-electron chi connectivity index (χ1n) is 5.98. The molecule has 0 saturated heterocycles. The van der Waals surface area contributed by atoms with Gasteiger partial charge in [0.25, 0.3) is 0 Å². The van der Waals surface area contributed by atoms with Crippen molar-refractivity contribution in [3.05, 3.63) is 34.9 Å². The van der Waals surface area contributed by atoms with Crippen molar-refractivity contribution >= 4 is 23.4 Å². The van der Waals surface area contributed by atoms with Crippen molar-refractivity contribution in [2.45, 2.75) is 39.3 Å². The lowest BCUT2D eigenvalue weighted by molar-refractivity contribution is 0.0603. The molecule has 0 aromatic heterocycles. The summed E-state index contributed by atoms with van der Waals surface area (Å²) in [5.74, 6) is 0. The molecule has 1 atom stereocenters. The standard InChI is InChI=1S/C14H19ClN2O2/c1-9(17-13(18)19-14(2,3)4)12(16)10-6-5-7-11(15)8-10/h5-8,12H,16H2,1-4H3. The van der Waals surface area contributed by atoms with Crippen molar-refractivity contribution in [3.63, 3.8) is 0 Å². The van der Waals surface area contributed by atoms with Crippen LogP contribution in [-0.2, 0) is 4.74 Å². The van der Waals surface area contributed by atoms with Gasteiger partial charge in [0.2, 0.25) is 0 Å². The Morgan fingerprint density at radius 1 is 1.42 bits per heavy atom. The highest BCUT2D eigenvalue weighted by Crippen LogP contribution is 2.18. The number of halogens is 1. The van der Waals surface area contributed by atoms with Gasteiger partial charge in [0.15, 0.2) is 0 Å². The van der Waals surface area contributed by atoms with Gasteiger partial charge in [-0.2, -0.15) is 4.99 Å². The topological polar surface area (TPSA) is 64.7 Å². The Kier molecular flexibility index (Phi) is 5.09. The number of nitrogens with zero attached hydrogens (tertiary/aromatic N) is 1. The van der Waals surface area contributed by atoms with Gasteiger partial charge < -0.3 is 10.5 Å². The van der Waals surface area contributed by atoms with Crippen LogP contribution in [0.4, 0.5) is 4.79 Å². The molecule has 0 saturated carbocycles. The van der Waals surface area contributed by atoms with E-state index in [9.17, 15) is 4.79 Å². The van der Waals surface area contributed by atoms with E-state index in [0.717, 1.165) is 5.56 Å². The minimum absolute atomic E-state index is 0.480. The van der Waals surface area contributed by atoms with Crippen molar-refractivity contribution in [3.8, 4) is 0 Å². The fraction of sp³-hybridized carbons (Fsp3) is 0.429. The van der Waals surface area contributed by atoms with Crippen LogP contribution in [0.1, 0.15) is 39.3 Å². The van der Waals surface area contributed by atoms with E-state index in [1.165, 1.54) is 0 Å². The van der Waals surface area contributed by atoms with E-state index in [4.69, 9.17) is 22.1 Å². The lowest BCUT2D eigenvalue weighted by Crippen LogP contribution is -2.25. The SMILES string of the molecule is CC(=NC(=O)OC(C)(C)C)C(N)c1cccc(Cl)c1. The van der Waals surface area contributed by atoms with Gasteiger partial charge in [-0.15, -0.1) is 0 Å². The normalized spacial score (nSPS) is 14.1. The number of aliphatic imine (C=N–C) groups is 1. The van der Waals surface area contributed by atoms with E-state index in [0.29, 0.717) is 10.7 Å². The van der Waals surface area contributed by atoms with E-state index in [1.54, 1.807) is 45.9 Å². The van der Waals surface area contributed by atoms with Gasteiger partial charge in [-0.05, 0) is 45.4 Å². The summed E-state index contributed by atoms with van der Waals surface area (Å²) in [7, 11) is 0. The number of ether oxygens (including phenoxy) is 1. The fourth-order valence-electron chi connectivity index (χ4n) is 1.44. The Bertz CT molecular complexity index is 492. The molecular weight excluding hydrogens is 264 g/mol. The van der Waals surface area contributed by atoms with Crippen LogP contribution in [-0.4, -0.2) is 17.4 Å². The van der Waals surface area contributed by atoms with Crippen LogP contribution in [0.3, 0.4) is 0 Å². The number of rotatable bonds is 2. The molecule has 104 valence electrons. The molecule has 1 amide bonds. The molecule has 0 aliphatic heterocycles. The van der Waals surface area contributed by atoms with Crippen molar-refractivity contribution in [1.82, 2.24) is 0 Å². The van der Waals surface area contributed by atoms with E-state index < -0.39 is 17.7 Å². The van der Waals surface area contributed by atoms with E-state index in [2.05, 4.69) is 4.99 Å². The number of carbonyl (C=O) groups is 1. The third kappa shape index (κ3) is 5.41. The Labute approximate surface area is 118 Å². The maximum Gasteiger partial charge on any atom is 0.434 e. The maximum absolute atomic E-state index is 11.6. The molecule has 5 heteroatoms. The van der Waals surface area contributed by atoms with E-state index in [-0.39, 0.29) is 0 Å². The van der Waals surface area contributed by atoms with Crippen LogP contribution < -0.4 is 5.73 Å². The van der Waals surface area contributed by atoms with Crippen LogP contribution in [0.25, 0.3) is 0 Å². The first-order chi connectivity index (χ1) is 8.69. The first kappa shape index (κ1) is 15.7. The number of hydrogen-bond donors (Lipinski definition) is 1. The second-order valence-corrected chi connectivity index (χ2v) is 5.70. The summed E-state index contributed by atoms with van der Waals surface area (Å²) in [5.41, 5.74) is 6.74. The molecule has 1 unspecified atom stereocenters. The van der Waals surface area contributed by atoms with Crippen LogP contribution >= 0.6 is 11.6 Å². The smallest absolute Gasteiger partial charge is 0.434 e. The number of nitrogens with two attached hydrogens (primary N) is 1.